The lowest BCUT2D eigenvalue weighted by Gasteiger charge is -2.20. The minimum atomic E-state index is -3.98. The summed E-state index contributed by atoms with van der Waals surface area (Å²) in [4.78, 5) is 21.0. The lowest BCUT2D eigenvalue weighted by atomic mass is 10.3. The number of nitrogens with zero attached hydrogens (tertiary/aromatic N) is 2. The average molecular weight is 331 g/mol. The van der Waals surface area contributed by atoms with E-state index in [-0.39, 0.29) is 17.1 Å². The minimum absolute atomic E-state index is 0.100. The Labute approximate surface area is 127 Å². The lowest BCUT2D eigenvalue weighted by Crippen LogP contribution is -2.40. The van der Waals surface area contributed by atoms with Crippen LogP contribution in [0.4, 0.5) is 5.69 Å². The largest absolute Gasteiger partial charge is 0.289 e. The van der Waals surface area contributed by atoms with Crippen LogP contribution in [0.25, 0.3) is 0 Å². The van der Waals surface area contributed by atoms with E-state index in [0.717, 1.165) is 28.6 Å². The number of nitro benzene ring substituents is 1. The molecule has 0 radical (unpaired) electrons. The molecule has 9 nitrogen and oxygen atoms in total. The molecule has 2 N–H and O–H groups in total. The average Bonchev–Trinajstić information content (AvgIpc) is 2.50. The van der Waals surface area contributed by atoms with E-state index in [1.807, 2.05) is 6.92 Å². The van der Waals surface area contributed by atoms with Crippen molar-refractivity contribution in [3.05, 3.63) is 34.4 Å². The molecule has 0 spiro atoms. The van der Waals surface area contributed by atoms with Crippen LogP contribution >= 0.6 is 0 Å². The normalized spacial score (nSPS) is 11.4. The Bertz CT molecular complexity index is 629. The van der Waals surface area contributed by atoms with Crippen LogP contribution in [-0.4, -0.2) is 41.9 Å². The standard InChI is InChI=1S/C12H17N3O6S/c1-2-3-8-14(9-12(16)13-17)22(20,21)11-6-4-10(5-7-11)15(18)19/h4-7,17H,2-3,8-9H2,1H3,(H,13,16). The smallest absolute Gasteiger partial charge is 0.269 e. The fourth-order valence-corrected chi connectivity index (χ4v) is 3.14. The number of hydrogen-bond donors (Lipinski definition) is 2. The van der Waals surface area contributed by atoms with Crippen molar-refractivity contribution in [2.24, 2.45) is 0 Å². The molecule has 0 aliphatic carbocycles. The molecule has 0 bridgehead atoms. The number of nitrogens with one attached hydrogen (secondary N) is 1. The van der Waals surface area contributed by atoms with Gasteiger partial charge in [-0.25, -0.2) is 13.9 Å². The number of benzene rings is 1. The van der Waals surface area contributed by atoms with Gasteiger partial charge in [-0.2, -0.15) is 4.31 Å². The fourth-order valence-electron chi connectivity index (χ4n) is 1.70. The van der Waals surface area contributed by atoms with Gasteiger partial charge in [0.15, 0.2) is 0 Å². The maximum Gasteiger partial charge on any atom is 0.269 e. The van der Waals surface area contributed by atoms with E-state index in [0.29, 0.717) is 12.8 Å². The van der Waals surface area contributed by atoms with Crippen LogP contribution in [0.1, 0.15) is 19.8 Å². The zero-order valence-electron chi connectivity index (χ0n) is 11.9. The molecular formula is C12H17N3O6S. The molecule has 122 valence electrons. The molecular weight excluding hydrogens is 314 g/mol. The molecule has 0 saturated heterocycles. The molecule has 1 amide bonds. The van der Waals surface area contributed by atoms with Gasteiger partial charge in [0.05, 0.1) is 16.4 Å². The number of hydrogen-bond acceptors (Lipinski definition) is 6. The quantitative estimate of drug-likeness (QED) is 0.413. The fraction of sp³-hybridized carbons (Fsp3) is 0.417. The van der Waals surface area contributed by atoms with E-state index in [2.05, 4.69) is 0 Å². The lowest BCUT2D eigenvalue weighted by molar-refractivity contribution is -0.384. The molecule has 10 heteroatoms. The Balaban J connectivity index is 3.08. The summed E-state index contributed by atoms with van der Waals surface area (Å²) < 4.78 is 25.9. The van der Waals surface area contributed by atoms with Gasteiger partial charge in [0.2, 0.25) is 10.0 Å². The molecule has 1 aromatic rings. The van der Waals surface area contributed by atoms with Gasteiger partial charge in [0, 0.05) is 18.7 Å². The van der Waals surface area contributed by atoms with Crippen LogP contribution in [0.3, 0.4) is 0 Å². The number of amides is 1. The first-order valence-electron chi connectivity index (χ1n) is 6.50. The number of non-ortho nitro benzene ring substituents is 1. The Morgan fingerprint density at radius 1 is 1.36 bits per heavy atom. The summed E-state index contributed by atoms with van der Waals surface area (Å²) in [5.74, 6) is -0.860. The number of sulfonamides is 1. The summed E-state index contributed by atoms with van der Waals surface area (Å²) in [6.07, 6.45) is 1.25. The molecule has 0 aliphatic heterocycles. The Morgan fingerprint density at radius 3 is 2.41 bits per heavy atom. The first-order valence-corrected chi connectivity index (χ1v) is 7.94. The highest BCUT2D eigenvalue weighted by molar-refractivity contribution is 7.89. The third-order valence-electron chi connectivity index (χ3n) is 2.89. The van der Waals surface area contributed by atoms with Gasteiger partial charge in [-0.15, -0.1) is 0 Å². The number of hydroxylamine groups is 1. The van der Waals surface area contributed by atoms with E-state index in [4.69, 9.17) is 5.21 Å². The zero-order valence-corrected chi connectivity index (χ0v) is 12.7. The molecule has 0 aromatic heterocycles. The Kier molecular flexibility index (Phi) is 6.40. The van der Waals surface area contributed by atoms with Crippen molar-refractivity contribution in [2.75, 3.05) is 13.1 Å². The number of unbranched alkanes of at least 4 members (excludes halogenated alkanes) is 1. The monoisotopic (exact) mass is 331 g/mol. The molecule has 1 rings (SSSR count). The highest BCUT2D eigenvalue weighted by Gasteiger charge is 2.26. The summed E-state index contributed by atoms with van der Waals surface area (Å²) in [6, 6.07) is 4.39. The molecule has 0 unspecified atom stereocenters. The van der Waals surface area contributed by atoms with Gasteiger partial charge in [0.1, 0.15) is 0 Å². The van der Waals surface area contributed by atoms with E-state index >= 15 is 0 Å². The second-order valence-electron chi connectivity index (χ2n) is 4.48. The maximum absolute atomic E-state index is 12.5. The molecule has 0 aliphatic rings. The number of rotatable bonds is 8. The molecule has 0 heterocycles. The molecule has 1 aromatic carbocycles. The van der Waals surface area contributed by atoms with Gasteiger partial charge in [-0.1, -0.05) is 13.3 Å². The van der Waals surface area contributed by atoms with E-state index in [1.54, 1.807) is 0 Å². The zero-order chi connectivity index (χ0) is 16.8. The molecule has 0 atom stereocenters. The van der Waals surface area contributed by atoms with Crippen LogP contribution in [0.2, 0.25) is 0 Å². The minimum Gasteiger partial charge on any atom is -0.289 e. The molecule has 22 heavy (non-hydrogen) atoms. The van der Waals surface area contributed by atoms with E-state index in [1.165, 1.54) is 5.48 Å². The van der Waals surface area contributed by atoms with Crippen LogP contribution < -0.4 is 5.48 Å². The van der Waals surface area contributed by atoms with Gasteiger partial charge in [-0.05, 0) is 18.6 Å². The van der Waals surface area contributed by atoms with Crippen molar-refractivity contribution in [2.45, 2.75) is 24.7 Å². The SMILES string of the molecule is CCCCN(CC(=O)NO)S(=O)(=O)c1ccc([N+](=O)[O-])cc1. The van der Waals surface area contributed by atoms with Crippen molar-refractivity contribution in [3.63, 3.8) is 0 Å². The first-order chi connectivity index (χ1) is 10.3. The van der Waals surface area contributed by atoms with Crippen molar-refractivity contribution >= 4 is 21.6 Å². The Hall–Kier alpha value is -2.04. The number of nitro groups is 1. The van der Waals surface area contributed by atoms with Crippen molar-refractivity contribution in [1.29, 1.82) is 0 Å². The maximum atomic E-state index is 12.5. The molecule has 0 saturated carbocycles. The van der Waals surface area contributed by atoms with Gasteiger partial charge in [-0.3, -0.25) is 20.1 Å². The summed E-state index contributed by atoms with van der Waals surface area (Å²) in [7, 11) is -3.98. The van der Waals surface area contributed by atoms with Gasteiger partial charge >= 0.3 is 0 Å². The predicted molar refractivity (Wildman–Crippen MR) is 76.7 cm³/mol. The topological polar surface area (TPSA) is 130 Å². The van der Waals surface area contributed by atoms with Crippen LogP contribution in [0.15, 0.2) is 29.2 Å². The van der Waals surface area contributed by atoms with Crippen LogP contribution in [-0.2, 0) is 14.8 Å². The predicted octanol–water partition coefficient (Wildman–Crippen LogP) is 0.891. The summed E-state index contributed by atoms with van der Waals surface area (Å²) >= 11 is 0. The van der Waals surface area contributed by atoms with E-state index in [9.17, 15) is 23.3 Å². The summed E-state index contributed by atoms with van der Waals surface area (Å²) in [5.41, 5.74) is 1.16. The third kappa shape index (κ3) is 4.48. The van der Waals surface area contributed by atoms with Crippen LogP contribution in [0.5, 0.6) is 0 Å². The van der Waals surface area contributed by atoms with Gasteiger partial charge in [0.25, 0.3) is 11.6 Å². The van der Waals surface area contributed by atoms with Crippen molar-refractivity contribution < 1.29 is 23.3 Å². The van der Waals surface area contributed by atoms with Gasteiger partial charge < -0.3 is 0 Å². The van der Waals surface area contributed by atoms with Crippen molar-refractivity contribution in [3.8, 4) is 0 Å². The third-order valence-corrected chi connectivity index (χ3v) is 4.75. The second kappa shape index (κ2) is 7.82. The highest BCUT2D eigenvalue weighted by Crippen LogP contribution is 2.20. The van der Waals surface area contributed by atoms with Crippen molar-refractivity contribution in [1.82, 2.24) is 9.79 Å². The Morgan fingerprint density at radius 2 is 1.95 bits per heavy atom. The summed E-state index contributed by atoms with van der Waals surface area (Å²) in [6.45, 7) is 1.43. The van der Waals surface area contributed by atoms with E-state index < -0.39 is 27.4 Å². The number of carbonyl (C=O) groups excluding carboxylic acids is 1. The molecule has 0 fully saturated rings. The first kappa shape index (κ1) is 18.0. The second-order valence-corrected chi connectivity index (χ2v) is 6.42. The highest BCUT2D eigenvalue weighted by atomic mass is 32.2. The van der Waals surface area contributed by atoms with Crippen LogP contribution in [0, 0.1) is 10.1 Å². The number of carbonyl (C=O) groups is 1. The summed E-state index contributed by atoms with van der Waals surface area (Å²) in [5, 5.41) is 19.1.